The molecule has 9 heteroatoms. The number of methoxy groups -OCH3 is 1. The van der Waals surface area contributed by atoms with Crippen LogP contribution in [-0.2, 0) is 14.8 Å². The SMILES string of the molecule is COC(=O)c1c(C)oc(C)c1S(=O)(=O)N1CCCC(CN)C1.Cl. The highest BCUT2D eigenvalue weighted by Crippen LogP contribution is 2.31. The van der Waals surface area contributed by atoms with E-state index in [2.05, 4.69) is 0 Å². The second-order valence-electron chi connectivity index (χ2n) is 5.52. The lowest BCUT2D eigenvalue weighted by Gasteiger charge is -2.31. The van der Waals surface area contributed by atoms with Gasteiger partial charge in [0.05, 0.1) is 7.11 Å². The topological polar surface area (TPSA) is 103 Å². The lowest BCUT2D eigenvalue weighted by Crippen LogP contribution is -2.42. The molecular formula is C14H23ClN2O5S. The molecule has 132 valence electrons. The monoisotopic (exact) mass is 366 g/mol. The molecule has 1 aliphatic rings. The average molecular weight is 367 g/mol. The molecule has 0 amide bonds. The molecule has 7 nitrogen and oxygen atoms in total. The van der Waals surface area contributed by atoms with Crippen LogP contribution < -0.4 is 5.73 Å². The number of nitrogens with zero attached hydrogens (tertiary/aromatic N) is 1. The summed E-state index contributed by atoms with van der Waals surface area (Å²) in [4.78, 5) is 11.8. The third-order valence-electron chi connectivity index (χ3n) is 4.01. The van der Waals surface area contributed by atoms with Gasteiger partial charge in [0.15, 0.2) is 0 Å². The Labute approximate surface area is 142 Å². The van der Waals surface area contributed by atoms with Crippen LogP contribution in [0.15, 0.2) is 9.31 Å². The van der Waals surface area contributed by atoms with Crippen LogP contribution in [-0.4, -0.2) is 45.4 Å². The zero-order chi connectivity index (χ0) is 16.5. The summed E-state index contributed by atoms with van der Waals surface area (Å²) < 4.78 is 37.3. The van der Waals surface area contributed by atoms with E-state index in [0.717, 1.165) is 12.8 Å². The predicted molar refractivity (Wildman–Crippen MR) is 87.3 cm³/mol. The van der Waals surface area contributed by atoms with Gasteiger partial charge in [0.25, 0.3) is 0 Å². The molecular weight excluding hydrogens is 344 g/mol. The van der Waals surface area contributed by atoms with Crippen molar-refractivity contribution in [3.05, 3.63) is 17.1 Å². The van der Waals surface area contributed by atoms with Gasteiger partial charge in [-0.3, -0.25) is 0 Å². The van der Waals surface area contributed by atoms with E-state index < -0.39 is 16.0 Å². The highest BCUT2D eigenvalue weighted by molar-refractivity contribution is 7.89. The van der Waals surface area contributed by atoms with Gasteiger partial charge in [-0.25, -0.2) is 13.2 Å². The number of piperidine rings is 1. The van der Waals surface area contributed by atoms with Gasteiger partial charge >= 0.3 is 5.97 Å². The molecule has 1 fully saturated rings. The van der Waals surface area contributed by atoms with Crippen molar-refractivity contribution in [1.82, 2.24) is 4.31 Å². The molecule has 1 atom stereocenters. The third kappa shape index (κ3) is 3.71. The molecule has 23 heavy (non-hydrogen) atoms. The number of furan rings is 1. The fourth-order valence-corrected chi connectivity index (χ4v) is 4.80. The molecule has 0 aliphatic carbocycles. The minimum absolute atomic E-state index is 0. The number of carbonyl (C=O) groups is 1. The highest BCUT2D eigenvalue weighted by atomic mass is 35.5. The molecule has 0 radical (unpaired) electrons. The molecule has 1 saturated heterocycles. The summed E-state index contributed by atoms with van der Waals surface area (Å²) in [5, 5.41) is 0. The smallest absolute Gasteiger partial charge is 0.342 e. The Bertz CT molecular complexity index is 671. The van der Waals surface area contributed by atoms with E-state index >= 15 is 0 Å². The largest absolute Gasteiger partial charge is 0.465 e. The molecule has 2 rings (SSSR count). The number of sulfonamides is 1. The zero-order valence-electron chi connectivity index (χ0n) is 13.5. The number of hydrogen-bond acceptors (Lipinski definition) is 6. The fraction of sp³-hybridized carbons (Fsp3) is 0.643. The molecule has 0 bridgehead atoms. The Morgan fingerprint density at radius 3 is 2.61 bits per heavy atom. The van der Waals surface area contributed by atoms with Crippen molar-refractivity contribution in [3.8, 4) is 0 Å². The summed E-state index contributed by atoms with van der Waals surface area (Å²) in [5.74, 6) is -0.123. The molecule has 0 aromatic carbocycles. The van der Waals surface area contributed by atoms with Crippen LogP contribution in [0.25, 0.3) is 0 Å². The van der Waals surface area contributed by atoms with Crippen LogP contribution in [0.2, 0.25) is 0 Å². The summed E-state index contributed by atoms with van der Waals surface area (Å²) >= 11 is 0. The summed E-state index contributed by atoms with van der Waals surface area (Å²) in [6.45, 7) is 4.32. The normalized spacial score (nSPS) is 19.2. The molecule has 1 aliphatic heterocycles. The second-order valence-corrected chi connectivity index (χ2v) is 7.39. The second kappa shape index (κ2) is 7.65. The van der Waals surface area contributed by atoms with Gasteiger partial charge in [-0.2, -0.15) is 4.31 Å². The number of aryl methyl sites for hydroxylation is 2. The Morgan fingerprint density at radius 2 is 2.04 bits per heavy atom. The van der Waals surface area contributed by atoms with Crippen molar-refractivity contribution in [2.45, 2.75) is 31.6 Å². The zero-order valence-corrected chi connectivity index (χ0v) is 15.1. The minimum atomic E-state index is -3.82. The molecule has 2 heterocycles. The molecule has 1 aromatic rings. The number of nitrogens with two attached hydrogens (primary N) is 1. The molecule has 2 N–H and O–H groups in total. The molecule has 1 unspecified atom stereocenters. The number of carbonyl (C=O) groups excluding carboxylic acids is 1. The average Bonchev–Trinajstić information content (AvgIpc) is 2.81. The van der Waals surface area contributed by atoms with Crippen molar-refractivity contribution < 1.29 is 22.4 Å². The fourth-order valence-electron chi connectivity index (χ4n) is 2.88. The van der Waals surface area contributed by atoms with Crippen molar-refractivity contribution in [2.24, 2.45) is 11.7 Å². The van der Waals surface area contributed by atoms with Crippen LogP contribution in [0.5, 0.6) is 0 Å². The summed E-state index contributed by atoms with van der Waals surface area (Å²) in [6, 6.07) is 0. The van der Waals surface area contributed by atoms with Gasteiger partial charge in [0, 0.05) is 13.1 Å². The molecule has 1 aromatic heterocycles. The van der Waals surface area contributed by atoms with Crippen molar-refractivity contribution >= 4 is 28.4 Å². The van der Waals surface area contributed by atoms with E-state index in [9.17, 15) is 13.2 Å². The lowest BCUT2D eigenvalue weighted by atomic mass is 10.0. The van der Waals surface area contributed by atoms with E-state index in [4.69, 9.17) is 14.9 Å². The van der Waals surface area contributed by atoms with Crippen LogP contribution in [0.3, 0.4) is 0 Å². The van der Waals surface area contributed by atoms with Crippen molar-refractivity contribution in [2.75, 3.05) is 26.7 Å². The van der Waals surface area contributed by atoms with Crippen LogP contribution in [0.4, 0.5) is 0 Å². The van der Waals surface area contributed by atoms with E-state index in [0.29, 0.717) is 19.6 Å². The maximum atomic E-state index is 12.9. The first kappa shape index (κ1) is 20.0. The van der Waals surface area contributed by atoms with E-state index in [1.807, 2.05) is 0 Å². The number of esters is 1. The quantitative estimate of drug-likeness (QED) is 0.809. The summed E-state index contributed by atoms with van der Waals surface area (Å²) in [7, 11) is -2.60. The number of rotatable bonds is 4. The first-order valence-electron chi connectivity index (χ1n) is 7.21. The maximum Gasteiger partial charge on any atom is 0.342 e. The number of hydrogen-bond donors (Lipinski definition) is 1. The minimum Gasteiger partial charge on any atom is -0.465 e. The van der Waals surface area contributed by atoms with Gasteiger partial charge in [-0.1, -0.05) is 0 Å². The lowest BCUT2D eigenvalue weighted by molar-refractivity contribution is 0.0594. The van der Waals surface area contributed by atoms with Gasteiger partial charge in [-0.05, 0) is 39.2 Å². The summed E-state index contributed by atoms with van der Waals surface area (Å²) in [6.07, 6.45) is 1.67. The Morgan fingerprint density at radius 1 is 1.39 bits per heavy atom. The van der Waals surface area contributed by atoms with Crippen molar-refractivity contribution in [3.63, 3.8) is 0 Å². The Kier molecular flexibility index (Phi) is 6.64. The van der Waals surface area contributed by atoms with E-state index in [1.165, 1.54) is 18.3 Å². The molecule has 0 spiro atoms. The van der Waals surface area contributed by atoms with Gasteiger partial charge in [0.1, 0.15) is 22.0 Å². The van der Waals surface area contributed by atoms with Gasteiger partial charge in [-0.15, -0.1) is 12.4 Å². The van der Waals surface area contributed by atoms with Gasteiger partial charge < -0.3 is 14.9 Å². The van der Waals surface area contributed by atoms with Crippen LogP contribution in [0, 0.1) is 19.8 Å². The van der Waals surface area contributed by atoms with E-state index in [1.54, 1.807) is 6.92 Å². The Balaban J connectivity index is 0.00000264. The number of ether oxygens (including phenoxy) is 1. The predicted octanol–water partition coefficient (Wildman–Crippen LogP) is 1.46. The maximum absolute atomic E-state index is 12.9. The van der Waals surface area contributed by atoms with Crippen molar-refractivity contribution in [1.29, 1.82) is 0 Å². The summed E-state index contributed by atoms with van der Waals surface area (Å²) in [5.41, 5.74) is 5.65. The third-order valence-corrected chi connectivity index (χ3v) is 6.03. The van der Waals surface area contributed by atoms with Crippen LogP contribution >= 0.6 is 12.4 Å². The molecule has 0 saturated carbocycles. The first-order chi connectivity index (χ1) is 10.3. The highest BCUT2D eigenvalue weighted by Gasteiger charge is 2.37. The number of halogens is 1. The van der Waals surface area contributed by atoms with E-state index in [-0.39, 0.29) is 40.3 Å². The van der Waals surface area contributed by atoms with Gasteiger partial charge in [0.2, 0.25) is 10.0 Å². The standard InChI is InChI=1S/C14H22N2O5S.ClH/c1-9-12(14(17)20-3)13(10(2)21-9)22(18,19)16-6-4-5-11(7-15)8-16;/h11H,4-8,15H2,1-3H3;1H. The van der Waals surface area contributed by atoms with Crippen LogP contribution in [0.1, 0.15) is 34.7 Å². The Hall–Kier alpha value is -1.09. The first-order valence-corrected chi connectivity index (χ1v) is 8.65.